The Morgan fingerprint density at radius 1 is 0.854 bits per heavy atom. The van der Waals surface area contributed by atoms with Gasteiger partial charge >= 0.3 is 0 Å². The van der Waals surface area contributed by atoms with Crippen molar-refractivity contribution in [1.82, 2.24) is 4.57 Å². The summed E-state index contributed by atoms with van der Waals surface area (Å²) < 4.78 is 14.4. The monoisotopic (exact) mass is 560 g/mol. The number of anilines is 1. The van der Waals surface area contributed by atoms with Crippen LogP contribution in [0, 0.1) is 0 Å². The summed E-state index contributed by atoms with van der Waals surface area (Å²) >= 11 is 0. The minimum atomic E-state index is -0.195. The lowest BCUT2D eigenvalue weighted by atomic mass is 10.1. The van der Waals surface area contributed by atoms with Gasteiger partial charge in [0.25, 0.3) is 11.5 Å². The highest BCUT2D eigenvalue weighted by atomic mass is 16.5. The van der Waals surface area contributed by atoms with Gasteiger partial charge in [-0.25, -0.2) is 0 Å². The maximum atomic E-state index is 14.0. The number of amides is 1. The van der Waals surface area contributed by atoms with Crippen LogP contribution >= 0.6 is 0 Å². The molecule has 0 saturated carbocycles. The van der Waals surface area contributed by atoms with E-state index in [1.54, 1.807) is 16.7 Å². The molecule has 0 spiro atoms. The smallest absolute Gasteiger partial charge is 0.297 e. The normalized spacial score (nSPS) is 11.6. The van der Waals surface area contributed by atoms with E-state index in [1.165, 1.54) is 25.7 Å². The molecule has 0 atom stereocenters. The van der Waals surface area contributed by atoms with Crippen LogP contribution in [0.1, 0.15) is 109 Å². The third kappa shape index (κ3) is 9.24. The standard InChI is InChI=1S/C35H48N2O4/c1-5-9-11-13-14-19-25-40-33-32(41-29(7-3)8-4)30-23-22-28(36-34(38)27-20-16-15-17-21-27)26-31(30)37(35(33)39)24-18-12-10-6-2/h7,15-17,20-23,26H,5-6,8-14,18-19,24-25H2,1-4H3,(H,36,38). The predicted octanol–water partition coefficient (Wildman–Crippen LogP) is 9.27. The molecule has 1 heterocycles. The number of nitrogens with zero attached hydrogens (tertiary/aromatic N) is 1. The molecule has 0 aliphatic carbocycles. The van der Waals surface area contributed by atoms with Gasteiger partial charge in [-0.2, -0.15) is 0 Å². The molecule has 0 aliphatic heterocycles. The molecule has 0 bridgehead atoms. The zero-order valence-electron chi connectivity index (χ0n) is 25.5. The van der Waals surface area contributed by atoms with Gasteiger partial charge < -0.3 is 19.4 Å². The van der Waals surface area contributed by atoms with Crippen LogP contribution in [0.5, 0.6) is 11.5 Å². The maximum Gasteiger partial charge on any atom is 0.297 e. The Bertz CT molecular complexity index is 1330. The molecule has 6 heteroatoms. The molecular formula is C35H48N2O4. The first-order valence-electron chi connectivity index (χ1n) is 15.6. The molecule has 1 N–H and O–H groups in total. The number of aryl methyl sites for hydroxylation is 1. The van der Waals surface area contributed by atoms with Gasteiger partial charge in [-0.3, -0.25) is 9.59 Å². The molecule has 1 aromatic heterocycles. The molecule has 3 aromatic rings. The molecule has 0 radical (unpaired) electrons. The predicted molar refractivity (Wildman–Crippen MR) is 170 cm³/mol. The van der Waals surface area contributed by atoms with Crippen molar-refractivity contribution >= 4 is 22.5 Å². The van der Waals surface area contributed by atoms with Gasteiger partial charge in [0.2, 0.25) is 5.75 Å². The molecule has 0 saturated heterocycles. The molecule has 6 nitrogen and oxygen atoms in total. The van der Waals surface area contributed by atoms with Crippen LogP contribution in [0.15, 0.2) is 65.2 Å². The highest BCUT2D eigenvalue weighted by Gasteiger charge is 2.21. The molecule has 0 fully saturated rings. The highest BCUT2D eigenvalue weighted by Crippen LogP contribution is 2.36. The van der Waals surface area contributed by atoms with Crippen LogP contribution in [-0.4, -0.2) is 17.1 Å². The number of hydrogen-bond donors (Lipinski definition) is 1. The number of ether oxygens (including phenoxy) is 2. The third-order valence-corrected chi connectivity index (χ3v) is 7.36. The van der Waals surface area contributed by atoms with E-state index in [0.29, 0.717) is 36.6 Å². The van der Waals surface area contributed by atoms with Gasteiger partial charge in [0.05, 0.1) is 17.9 Å². The van der Waals surface area contributed by atoms with Crippen LogP contribution in [0.3, 0.4) is 0 Å². The van der Waals surface area contributed by atoms with Crippen LogP contribution in [0.2, 0.25) is 0 Å². The molecule has 0 unspecified atom stereocenters. The molecule has 2 aromatic carbocycles. The summed E-state index contributed by atoms with van der Waals surface area (Å²) in [5.74, 6) is 1.31. The van der Waals surface area contributed by atoms with Crippen LogP contribution < -0.4 is 20.3 Å². The van der Waals surface area contributed by atoms with Gasteiger partial charge in [0.1, 0.15) is 0 Å². The highest BCUT2D eigenvalue weighted by molar-refractivity contribution is 6.05. The third-order valence-electron chi connectivity index (χ3n) is 7.36. The number of hydrogen-bond acceptors (Lipinski definition) is 4. The number of nitrogens with one attached hydrogen (secondary N) is 1. The van der Waals surface area contributed by atoms with Crippen molar-refractivity contribution in [3.05, 3.63) is 76.3 Å². The number of benzene rings is 2. The minimum Gasteiger partial charge on any atom is -0.485 e. The number of allylic oxidation sites excluding steroid dienone is 2. The Labute approximate surface area is 245 Å². The number of fused-ring (bicyclic) bond motifs is 1. The Balaban J connectivity index is 2.03. The van der Waals surface area contributed by atoms with E-state index in [0.717, 1.165) is 55.2 Å². The SMILES string of the molecule is CC=C(CC)Oc1c(OCCCCCCCC)c(=O)n(CCCCCC)c2cc(NC(=O)c3ccccc3)ccc12. The molecule has 1 amide bonds. The van der Waals surface area contributed by atoms with E-state index in [9.17, 15) is 9.59 Å². The van der Waals surface area contributed by atoms with E-state index >= 15 is 0 Å². The number of pyridine rings is 1. The van der Waals surface area contributed by atoms with Crippen molar-refractivity contribution in [2.75, 3.05) is 11.9 Å². The Hall–Kier alpha value is -3.54. The lowest BCUT2D eigenvalue weighted by molar-refractivity contribution is 0.102. The quantitative estimate of drug-likeness (QED) is 0.124. The second kappa shape index (κ2) is 17.3. The average molecular weight is 561 g/mol. The first kappa shape index (κ1) is 32.0. The molecule has 41 heavy (non-hydrogen) atoms. The Kier molecular flexibility index (Phi) is 13.5. The van der Waals surface area contributed by atoms with E-state index in [1.807, 2.05) is 56.3 Å². The Morgan fingerprint density at radius 2 is 1.54 bits per heavy atom. The van der Waals surface area contributed by atoms with Crippen LogP contribution in [-0.2, 0) is 6.54 Å². The Morgan fingerprint density at radius 3 is 2.22 bits per heavy atom. The lowest BCUT2D eigenvalue weighted by Crippen LogP contribution is -2.24. The van der Waals surface area contributed by atoms with Crippen molar-refractivity contribution in [2.45, 2.75) is 105 Å². The van der Waals surface area contributed by atoms with Gasteiger partial charge in [-0.15, -0.1) is 0 Å². The summed E-state index contributed by atoms with van der Waals surface area (Å²) in [5, 5.41) is 3.79. The lowest BCUT2D eigenvalue weighted by Gasteiger charge is -2.20. The molecular weight excluding hydrogens is 512 g/mol. The average Bonchev–Trinajstić information content (AvgIpc) is 3.00. The maximum absolute atomic E-state index is 14.0. The molecule has 222 valence electrons. The van der Waals surface area contributed by atoms with Crippen LogP contribution in [0.25, 0.3) is 10.9 Å². The number of unbranched alkanes of at least 4 members (excludes halogenated alkanes) is 8. The van der Waals surface area contributed by atoms with Crippen molar-refractivity contribution in [2.24, 2.45) is 0 Å². The summed E-state index contributed by atoms with van der Waals surface area (Å²) in [6.45, 7) is 9.40. The summed E-state index contributed by atoms with van der Waals surface area (Å²) in [6.07, 6.45) is 13.6. The second-order valence-electron chi connectivity index (χ2n) is 10.6. The van der Waals surface area contributed by atoms with Crippen molar-refractivity contribution < 1.29 is 14.3 Å². The zero-order chi connectivity index (χ0) is 29.5. The van der Waals surface area contributed by atoms with Crippen molar-refractivity contribution in [3.8, 4) is 11.5 Å². The fourth-order valence-corrected chi connectivity index (χ4v) is 4.94. The van der Waals surface area contributed by atoms with Crippen LogP contribution in [0.4, 0.5) is 5.69 Å². The zero-order valence-corrected chi connectivity index (χ0v) is 25.5. The van der Waals surface area contributed by atoms with E-state index < -0.39 is 0 Å². The fraction of sp³-hybridized carbons (Fsp3) is 0.486. The summed E-state index contributed by atoms with van der Waals surface area (Å²) in [5.41, 5.74) is 1.74. The minimum absolute atomic E-state index is 0.187. The first-order chi connectivity index (χ1) is 20.0. The van der Waals surface area contributed by atoms with Gasteiger partial charge in [-0.05, 0) is 56.2 Å². The second-order valence-corrected chi connectivity index (χ2v) is 10.6. The number of carbonyl (C=O) groups excluding carboxylic acids is 1. The van der Waals surface area contributed by atoms with Crippen molar-refractivity contribution in [1.29, 1.82) is 0 Å². The van der Waals surface area contributed by atoms with E-state index in [4.69, 9.17) is 9.47 Å². The van der Waals surface area contributed by atoms with E-state index in [-0.39, 0.29) is 17.2 Å². The summed E-state index contributed by atoms with van der Waals surface area (Å²) in [6, 6.07) is 14.8. The topological polar surface area (TPSA) is 69.6 Å². The fourth-order valence-electron chi connectivity index (χ4n) is 4.94. The van der Waals surface area contributed by atoms with Crippen molar-refractivity contribution in [3.63, 3.8) is 0 Å². The molecule has 0 aliphatic rings. The van der Waals surface area contributed by atoms with Gasteiger partial charge in [-0.1, -0.05) is 90.3 Å². The summed E-state index contributed by atoms with van der Waals surface area (Å²) in [7, 11) is 0. The molecule has 3 rings (SSSR count). The largest absolute Gasteiger partial charge is 0.485 e. The first-order valence-corrected chi connectivity index (χ1v) is 15.6. The van der Waals surface area contributed by atoms with Gasteiger partial charge in [0.15, 0.2) is 5.75 Å². The van der Waals surface area contributed by atoms with E-state index in [2.05, 4.69) is 19.2 Å². The summed E-state index contributed by atoms with van der Waals surface area (Å²) in [4.78, 5) is 26.9. The number of rotatable bonds is 18. The number of carbonyl (C=O) groups is 1. The number of aromatic nitrogens is 1. The van der Waals surface area contributed by atoms with Gasteiger partial charge in [0, 0.05) is 29.6 Å².